The SMILES string of the molecule is Cc1cccc(OC(=O)CCCCc2ccccc2)c1. The largest absolute Gasteiger partial charge is 0.427 e. The number of carbonyl (C=O) groups is 1. The average Bonchev–Trinajstić information content (AvgIpc) is 2.45. The van der Waals surface area contributed by atoms with Gasteiger partial charge in [0.15, 0.2) is 0 Å². The topological polar surface area (TPSA) is 26.3 Å². The van der Waals surface area contributed by atoms with Crippen LogP contribution in [0.25, 0.3) is 0 Å². The zero-order chi connectivity index (χ0) is 14.2. The number of aryl methyl sites for hydroxylation is 2. The minimum Gasteiger partial charge on any atom is -0.427 e. The number of esters is 1. The second kappa shape index (κ2) is 7.49. The summed E-state index contributed by atoms with van der Waals surface area (Å²) < 4.78 is 5.31. The van der Waals surface area contributed by atoms with Crippen molar-refractivity contribution in [1.29, 1.82) is 0 Å². The Morgan fingerprint density at radius 1 is 1.00 bits per heavy atom. The van der Waals surface area contributed by atoms with Crippen LogP contribution >= 0.6 is 0 Å². The minimum atomic E-state index is -0.149. The van der Waals surface area contributed by atoms with Crippen LogP contribution in [-0.2, 0) is 11.2 Å². The number of rotatable bonds is 6. The summed E-state index contributed by atoms with van der Waals surface area (Å²) in [5.41, 5.74) is 2.42. The van der Waals surface area contributed by atoms with Crippen molar-refractivity contribution >= 4 is 5.97 Å². The molecule has 0 heterocycles. The summed E-state index contributed by atoms with van der Waals surface area (Å²) in [6.45, 7) is 1.98. The van der Waals surface area contributed by atoms with Crippen molar-refractivity contribution < 1.29 is 9.53 Å². The first-order valence-electron chi connectivity index (χ1n) is 7.05. The molecule has 0 radical (unpaired) electrons. The van der Waals surface area contributed by atoms with Crippen LogP contribution < -0.4 is 4.74 Å². The molecule has 0 aliphatic carbocycles. The summed E-state index contributed by atoms with van der Waals surface area (Å²) in [6.07, 6.45) is 3.35. The van der Waals surface area contributed by atoms with E-state index in [1.807, 2.05) is 49.4 Å². The number of unbranched alkanes of at least 4 members (excludes halogenated alkanes) is 1. The van der Waals surface area contributed by atoms with Crippen LogP contribution in [-0.4, -0.2) is 5.97 Å². The molecule has 0 atom stereocenters. The van der Waals surface area contributed by atoms with Crippen LogP contribution in [0.4, 0.5) is 0 Å². The monoisotopic (exact) mass is 268 g/mol. The maximum atomic E-state index is 11.7. The lowest BCUT2D eigenvalue weighted by atomic mass is 10.1. The third kappa shape index (κ3) is 4.88. The molecule has 0 spiro atoms. The van der Waals surface area contributed by atoms with Gasteiger partial charge in [0, 0.05) is 6.42 Å². The third-order valence-corrected chi connectivity index (χ3v) is 3.16. The molecule has 2 rings (SSSR count). The van der Waals surface area contributed by atoms with E-state index in [-0.39, 0.29) is 5.97 Å². The Morgan fingerprint density at radius 3 is 2.55 bits per heavy atom. The van der Waals surface area contributed by atoms with Gasteiger partial charge in [-0.1, -0.05) is 42.5 Å². The van der Waals surface area contributed by atoms with E-state index in [4.69, 9.17) is 4.74 Å². The van der Waals surface area contributed by atoms with Gasteiger partial charge in [0.25, 0.3) is 0 Å². The lowest BCUT2D eigenvalue weighted by Gasteiger charge is -2.05. The third-order valence-electron chi connectivity index (χ3n) is 3.16. The molecule has 0 fully saturated rings. The van der Waals surface area contributed by atoms with Crippen molar-refractivity contribution in [2.75, 3.05) is 0 Å². The van der Waals surface area contributed by atoms with Crippen LogP contribution in [0.1, 0.15) is 30.4 Å². The van der Waals surface area contributed by atoms with Gasteiger partial charge < -0.3 is 4.74 Å². The highest BCUT2D eigenvalue weighted by atomic mass is 16.5. The van der Waals surface area contributed by atoms with Gasteiger partial charge in [-0.15, -0.1) is 0 Å². The van der Waals surface area contributed by atoms with E-state index in [2.05, 4.69) is 12.1 Å². The fourth-order valence-corrected chi connectivity index (χ4v) is 2.10. The van der Waals surface area contributed by atoms with E-state index >= 15 is 0 Å². The van der Waals surface area contributed by atoms with Gasteiger partial charge in [-0.05, 0) is 49.4 Å². The molecule has 0 saturated carbocycles. The van der Waals surface area contributed by atoms with E-state index in [0.717, 1.165) is 24.8 Å². The lowest BCUT2D eigenvalue weighted by molar-refractivity contribution is -0.134. The highest BCUT2D eigenvalue weighted by Crippen LogP contribution is 2.14. The van der Waals surface area contributed by atoms with Gasteiger partial charge in [-0.25, -0.2) is 0 Å². The molecule has 0 amide bonds. The first kappa shape index (κ1) is 14.3. The maximum Gasteiger partial charge on any atom is 0.311 e. The van der Waals surface area contributed by atoms with Crippen LogP contribution in [0.2, 0.25) is 0 Å². The molecule has 2 nitrogen and oxygen atoms in total. The standard InChI is InChI=1S/C18H20O2/c1-15-8-7-12-17(14-15)20-18(19)13-6-5-11-16-9-3-2-4-10-16/h2-4,7-10,12,14H,5-6,11,13H2,1H3. The van der Waals surface area contributed by atoms with E-state index < -0.39 is 0 Å². The van der Waals surface area contributed by atoms with E-state index in [1.165, 1.54) is 5.56 Å². The Morgan fingerprint density at radius 2 is 1.80 bits per heavy atom. The number of benzene rings is 2. The minimum absolute atomic E-state index is 0.149. The Labute approximate surface area is 120 Å². The van der Waals surface area contributed by atoms with Gasteiger partial charge in [-0.2, -0.15) is 0 Å². The smallest absolute Gasteiger partial charge is 0.311 e. The Balaban J connectivity index is 1.68. The quantitative estimate of drug-likeness (QED) is 0.443. The van der Waals surface area contributed by atoms with Crippen LogP contribution in [0.3, 0.4) is 0 Å². The molecule has 0 aliphatic rings. The zero-order valence-corrected chi connectivity index (χ0v) is 11.8. The fourth-order valence-electron chi connectivity index (χ4n) is 2.10. The number of hydrogen-bond donors (Lipinski definition) is 0. The molecule has 0 N–H and O–H groups in total. The highest BCUT2D eigenvalue weighted by Gasteiger charge is 2.04. The average molecular weight is 268 g/mol. The molecular formula is C18H20O2. The number of hydrogen-bond acceptors (Lipinski definition) is 2. The molecule has 0 saturated heterocycles. The molecule has 0 aromatic heterocycles. The summed E-state index contributed by atoms with van der Waals surface area (Å²) in [6, 6.07) is 17.9. The van der Waals surface area contributed by atoms with E-state index in [9.17, 15) is 4.79 Å². The second-order valence-electron chi connectivity index (χ2n) is 4.98. The number of carbonyl (C=O) groups excluding carboxylic acids is 1. The van der Waals surface area contributed by atoms with Crippen molar-refractivity contribution in [1.82, 2.24) is 0 Å². The number of ether oxygens (including phenoxy) is 1. The second-order valence-corrected chi connectivity index (χ2v) is 4.98. The Hall–Kier alpha value is -2.09. The summed E-state index contributed by atoms with van der Waals surface area (Å²) in [4.78, 5) is 11.7. The molecule has 2 heteroatoms. The molecule has 0 bridgehead atoms. The molecule has 0 unspecified atom stereocenters. The summed E-state index contributed by atoms with van der Waals surface area (Å²) in [5, 5.41) is 0. The highest BCUT2D eigenvalue weighted by molar-refractivity contribution is 5.72. The molecule has 2 aromatic rings. The molecule has 20 heavy (non-hydrogen) atoms. The first-order chi connectivity index (χ1) is 9.74. The predicted octanol–water partition coefficient (Wildman–Crippen LogP) is 4.31. The molecule has 2 aromatic carbocycles. The summed E-state index contributed by atoms with van der Waals surface area (Å²) >= 11 is 0. The van der Waals surface area contributed by atoms with E-state index in [1.54, 1.807) is 0 Å². The Bertz CT molecular complexity index is 546. The van der Waals surface area contributed by atoms with Gasteiger partial charge in [0.05, 0.1) is 0 Å². The zero-order valence-electron chi connectivity index (χ0n) is 11.8. The Kier molecular flexibility index (Phi) is 5.36. The van der Waals surface area contributed by atoms with E-state index in [0.29, 0.717) is 12.2 Å². The van der Waals surface area contributed by atoms with Crippen LogP contribution in [0, 0.1) is 6.92 Å². The van der Waals surface area contributed by atoms with Crippen molar-refractivity contribution in [2.45, 2.75) is 32.6 Å². The van der Waals surface area contributed by atoms with Crippen LogP contribution in [0.5, 0.6) is 5.75 Å². The predicted molar refractivity (Wildman–Crippen MR) is 80.8 cm³/mol. The molecule has 104 valence electrons. The van der Waals surface area contributed by atoms with Crippen molar-refractivity contribution in [2.24, 2.45) is 0 Å². The van der Waals surface area contributed by atoms with Gasteiger partial charge in [0.1, 0.15) is 5.75 Å². The summed E-state index contributed by atoms with van der Waals surface area (Å²) in [5.74, 6) is 0.488. The fraction of sp³-hybridized carbons (Fsp3) is 0.278. The first-order valence-corrected chi connectivity index (χ1v) is 7.05. The van der Waals surface area contributed by atoms with Gasteiger partial charge in [0.2, 0.25) is 0 Å². The van der Waals surface area contributed by atoms with Crippen molar-refractivity contribution in [3.63, 3.8) is 0 Å². The van der Waals surface area contributed by atoms with Gasteiger partial charge in [-0.3, -0.25) is 4.79 Å². The maximum absolute atomic E-state index is 11.7. The molecule has 0 aliphatic heterocycles. The normalized spacial score (nSPS) is 10.2. The van der Waals surface area contributed by atoms with Gasteiger partial charge >= 0.3 is 5.97 Å². The van der Waals surface area contributed by atoms with Crippen molar-refractivity contribution in [3.8, 4) is 5.75 Å². The summed E-state index contributed by atoms with van der Waals surface area (Å²) in [7, 11) is 0. The molecular weight excluding hydrogens is 248 g/mol. The lowest BCUT2D eigenvalue weighted by Crippen LogP contribution is -2.07. The van der Waals surface area contributed by atoms with Crippen LogP contribution in [0.15, 0.2) is 54.6 Å². The van der Waals surface area contributed by atoms with Crippen molar-refractivity contribution in [3.05, 3.63) is 65.7 Å².